The zero-order valence-electron chi connectivity index (χ0n) is 19.5. The summed E-state index contributed by atoms with van der Waals surface area (Å²) in [6.07, 6.45) is 4.36. The van der Waals surface area contributed by atoms with Crippen molar-refractivity contribution >= 4 is 35.6 Å². The summed E-state index contributed by atoms with van der Waals surface area (Å²) in [4.78, 5) is 7.22. The van der Waals surface area contributed by atoms with Gasteiger partial charge in [0.2, 0.25) is 0 Å². The Kier molecular flexibility index (Phi) is 13.9. The van der Waals surface area contributed by atoms with E-state index in [1.165, 1.54) is 0 Å². The van der Waals surface area contributed by atoms with Gasteiger partial charge in [0.05, 0.1) is 26.1 Å². The lowest BCUT2D eigenvalue weighted by atomic mass is 10.3. The Balaban J connectivity index is 0.00000385. The molecule has 2 N–H and O–H groups in total. The molecule has 1 aromatic carbocycles. The SMILES string of the molecule is COCCCOc1cccc(NC(=NCCCN2CCOCC2)NCCc2ccco2)c1.I. The van der Waals surface area contributed by atoms with Gasteiger partial charge in [-0.25, -0.2) is 0 Å². The first-order chi connectivity index (χ1) is 15.8. The number of ether oxygens (including phenoxy) is 3. The smallest absolute Gasteiger partial charge is 0.195 e. The van der Waals surface area contributed by atoms with Crippen LogP contribution in [-0.4, -0.2) is 77.1 Å². The highest BCUT2D eigenvalue weighted by Crippen LogP contribution is 2.17. The Labute approximate surface area is 214 Å². The summed E-state index contributed by atoms with van der Waals surface area (Å²) >= 11 is 0. The van der Waals surface area contributed by atoms with Gasteiger partial charge in [-0.3, -0.25) is 9.89 Å². The van der Waals surface area contributed by atoms with Crippen molar-refractivity contribution < 1.29 is 18.6 Å². The summed E-state index contributed by atoms with van der Waals surface area (Å²) in [5.74, 6) is 2.54. The Morgan fingerprint density at radius 3 is 2.79 bits per heavy atom. The van der Waals surface area contributed by atoms with Crippen LogP contribution >= 0.6 is 24.0 Å². The van der Waals surface area contributed by atoms with Crippen LogP contribution in [-0.2, 0) is 15.9 Å². The summed E-state index contributed by atoms with van der Waals surface area (Å²) in [5, 5.41) is 6.82. The lowest BCUT2D eigenvalue weighted by Gasteiger charge is -2.26. The maximum absolute atomic E-state index is 5.82. The highest BCUT2D eigenvalue weighted by molar-refractivity contribution is 14.0. The van der Waals surface area contributed by atoms with Crippen molar-refractivity contribution in [2.45, 2.75) is 19.3 Å². The summed E-state index contributed by atoms with van der Waals surface area (Å²) in [6.45, 7) is 7.51. The summed E-state index contributed by atoms with van der Waals surface area (Å²) in [7, 11) is 1.70. The number of hydrogen-bond donors (Lipinski definition) is 2. The molecule has 1 saturated heterocycles. The van der Waals surface area contributed by atoms with E-state index in [1.807, 2.05) is 36.4 Å². The van der Waals surface area contributed by atoms with E-state index in [9.17, 15) is 0 Å². The van der Waals surface area contributed by atoms with E-state index in [1.54, 1.807) is 13.4 Å². The third kappa shape index (κ3) is 11.2. The van der Waals surface area contributed by atoms with Gasteiger partial charge in [0, 0.05) is 71.0 Å². The number of halogens is 1. The zero-order chi connectivity index (χ0) is 22.3. The maximum atomic E-state index is 5.82. The molecule has 1 aromatic heterocycles. The van der Waals surface area contributed by atoms with Crippen LogP contribution in [0.2, 0.25) is 0 Å². The minimum absolute atomic E-state index is 0. The first-order valence-corrected chi connectivity index (χ1v) is 11.4. The average Bonchev–Trinajstić information content (AvgIpc) is 3.34. The van der Waals surface area contributed by atoms with Crippen LogP contribution in [0.1, 0.15) is 18.6 Å². The van der Waals surface area contributed by atoms with Crippen LogP contribution < -0.4 is 15.4 Å². The van der Waals surface area contributed by atoms with Crippen LogP contribution in [0.15, 0.2) is 52.1 Å². The molecule has 0 bridgehead atoms. The molecule has 0 radical (unpaired) electrons. The number of aliphatic imine (C=N–C) groups is 1. The van der Waals surface area contributed by atoms with Crippen molar-refractivity contribution in [1.82, 2.24) is 10.2 Å². The highest BCUT2D eigenvalue weighted by Gasteiger charge is 2.09. The van der Waals surface area contributed by atoms with Crippen molar-refractivity contribution in [3.8, 4) is 5.75 Å². The molecule has 1 aliphatic heterocycles. The van der Waals surface area contributed by atoms with Crippen molar-refractivity contribution in [2.75, 3.05) is 71.6 Å². The Bertz CT molecular complexity index is 783. The quantitative estimate of drug-likeness (QED) is 0.164. The van der Waals surface area contributed by atoms with Gasteiger partial charge in [0.25, 0.3) is 0 Å². The second-order valence-corrected chi connectivity index (χ2v) is 7.64. The number of furan rings is 1. The fourth-order valence-corrected chi connectivity index (χ4v) is 3.40. The minimum Gasteiger partial charge on any atom is -0.493 e. The number of hydrogen-bond acceptors (Lipinski definition) is 6. The van der Waals surface area contributed by atoms with Gasteiger partial charge in [0.1, 0.15) is 11.5 Å². The molecule has 184 valence electrons. The van der Waals surface area contributed by atoms with Crippen LogP contribution in [0.3, 0.4) is 0 Å². The van der Waals surface area contributed by atoms with E-state index >= 15 is 0 Å². The van der Waals surface area contributed by atoms with E-state index in [4.69, 9.17) is 23.6 Å². The number of methoxy groups -OCH3 is 1. The molecule has 33 heavy (non-hydrogen) atoms. The molecule has 0 spiro atoms. The predicted molar refractivity (Wildman–Crippen MR) is 142 cm³/mol. The van der Waals surface area contributed by atoms with E-state index in [0.717, 1.165) is 88.4 Å². The predicted octanol–water partition coefficient (Wildman–Crippen LogP) is 3.64. The Morgan fingerprint density at radius 2 is 2.00 bits per heavy atom. The molecule has 1 aliphatic rings. The van der Waals surface area contributed by atoms with Gasteiger partial charge in [-0.05, 0) is 30.7 Å². The zero-order valence-corrected chi connectivity index (χ0v) is 21.8. The molecule has 9 heteroatoms. The molecule has 8 nitrogen and oxygen atoms in total. The van der Waals surface area contributed by atoms with Gasteiger partial charge in [-0.1, -0.05) is 6.07 Å². The number of anilines is 1. The number of nitrogens with zero attached hydrogens (tertiary/aromatic N) is 2. The summed E-state index contributed by atoms with van der Waals surface area (Å²) < 4.78 is 21.7. The molecule has 2 aromatic rings. The number of benzene rings is 1. The van der Waals surface area contributed by atoms with Crippen molar-refractivity contribution in [2.24, 2.45) is 4.99 Å². The monoisotopic (exact) mass is 572 g/mol. The number of rotatable bonds is 13. The van der Waals surface area contributed by atoms with Crippen molar-refractivity contribution in [3.05, 3.63) is 48.4 Å². The second kappa shape index (κ2) is 16.7. The minimum atomic E-state index is 0. The fraction of sp³-hybridized carbons (Fsp3) is 0.542. The molecule has 0 amide bonds. The van der Waals surface area contributed by atoms with Crippen LogP contribution in [0, 0.1) is 0 Å². The van der Waals surface area contributed by atoms with Crippen molar-refractivity contribution in [1.29, 1.82) is 0 Å². The molecule has 1 fully saturated rings. The molecule has 3 rings (SSSR count). The largest absolute Gasteiger partial charge is 0.493 e. The summed E-state index contributed by atoms with van der Waals surface area (Å²) in [5.41, 5.74) is 0.937. The molecule has 0 saturated carbocycles. The molecular weight excluding hydrogens is 535 g/mol. The van der Waals surface area contributed by atoms with E-state index < -0.39 is 0 Å². The van der Waals surface area contributed by atoms with Crippen LogP contribution in [0.4, 0.5) is 5.69 Å². The summed E-state index contributed by atoms with van der Waals surface area (Å²) in [6, 6.07) is 11.8. The second-order valence-electron chi connectivity index (χ2n) is 7.64. The first kappa shape index (κ1) is 27.4. The van der Waals surface area contributed by atoms with Crippen LogP contribution in [0.5, 0.6) is 5.75 Å². The molecule has 0 aliphatic carbocycles. The topological polar surface area (TPSA) is 80.5 Å². The van der Waals surface area contributed by atoms with Gasteiger partial charge in [-0.2, -0.15) is 0 Å². The number of nitrogens with one attached hydrogen (secondary N) is 2. The van der Waals surface area contributed by atoms with Gasteiger partial charge in [0.15, 0.2) is 5.96 Å². The van der Waals surface area contributed by atoms with E-state index in [2.05, 4.69) is 15.5 Å². The molecular formula is C24H37IN4O4. The Hall–Kier alpha value is -1.82. The molecule has 2 heterocycles. The van der Waals surface area contributed by atoms with Crippen molar-refractivity contribution in [3.63, 3.8) is 0 Å². The number of morpholine rings is 1. The normalized spacial score (nSPS) is 14.5. The number of guanidine groups is 1. The van der Waals surface area contributed by atoms with E-state index in [0.29, 0.717) is 13.2 Å². The highest BCUT2D eigenvalue weighted by atomic mass is 127. The van der Waals surface area contributed by atoms with Gasteiger partial charge in [-0.15, -0.1) is 24.0 Å². The third-order valence-corrected chi connectivity index (χ3v) is 5.11. The lowest BCUT2D eigenvalue weighted by Crippen LogP contribution is -2.37. The van der Waals surface area contributed by atoms with E-state index in [-0.39, 0.29) is 24.0 Å². The third-order valence-electron chi connectivity index (χ3n) is 5.11. The average molecular weight is 572 g/mol. The maximum Gasteiger partial charge on any atom is 0.195 e. The van der Waals surface area contributed by atoms with Gasteiger partial charge < -0.3 is 29.3 Å². The first-order valence-electron chi connectivity index (χ1n) is 11.4. The Morgan fingerprint density at radius 1 is 1.12 bits per heavy atom. The van der Waals surface area contributed by atoms with Gasteiger partial charge >= 0.3 is 0 Å². The van der Waals surface area contributed by atoms with Crippen LogP contribution in [0.25, 0.3) is 0 Å². The molecule has 0 atom stereocenters. The lowest BCUT2D eigenvalue weighted by molar-refractivity contribution is 0.0377. The molecule has 0 unspecified atom stereocenters. The fourth-order valence-electron chi connectivity index (χ4n) is 3.40. The standard InChI is InChI=1S/C24H36N4O4.HI/c1-29-15-5-17-32-23-7-2-6-21(20-23)27-24(26-11-9-22-8-3-16-31-22)25-10-4-12-28-13-18-30-19-14-28;/h2-3,6-8,16,20H,4-5,9-15,17-19H2,1H3,(H2,25,26,27);1H.